The second kappa shape index (κ2) is 20.2. The molecule has 2 heteroatoms. The van der Waals surface area contributed by atoms with Crippen LogP contribution < -0.4 is 5.73 Å². The summed E-state index contributed by atoms with van der Waals surface area (Å²) in [4.78, 5) is 2.68. The molecule has 0 fully saturated rings. The molecule has 0 spiro atoms. The Morgan fingerprint density at radius 1 is 0.600 bits per heavy atom. The standard InChI is InChI=1S/C23H50N2/c1-4-7-10-11-12-13-14-15-16-17-18-23(21-24)22-25(19-8-5-2)20-9-6-3/h23H,4-22,24H2,1-3H3. The fraction of sp³-hybridized carbons (Fsp3) is 1.00. The molecule has 0 aromatic rings. The fourth-order valence-electron chi connectivity index (χ4n) is 3.63. The normalized spacial score (nSPS) is 12.8. The van der Waals surface area contributed by atoms with Crippen LogP contribution in [0.25, 0.3) is 0 Å². The summed E-state index contributed by atoms with van der Waals surface area (Å²) in [5, 5.41) is 0. The summed E-state index contributed by atoms with van der Waals surface area (Å²) in [5.41, 5.74) is 6.07. The van der Waals surface area contributed by atoms with E-state index in [0.29, 0.717) is 5.92 Å². The van der Waals surface area contributed by atoms with Gasteiger partial charge in [0.05, 0.1) is 0 Å². The Morgan fingerprint density at radius 2 is 1.04 bits per heavy atom. The summed E-state index contributed by atoms with van der Waals surface area (Å²) in [6.07, 6.45) is 20.9. The summed E-state index contributed by atoms with van der Waals surface area (Å²) in [7, 11) is 0. The van der Waals surface area contributed by atoms with E-state index in [4.69, 9.17) is 5.73 Å². The van der Waals surface area contributed by atoms with Crippen molar-refractivity contribution in [3.8, 4) is 0 Å². The van der Waals surface area contributed by atoms with E-state index < -0.39 is 0 Å². The van der Waals surface area contributed by atoms with E-state index >= 15 is 0 Å². The Kier molecular flexibility index (Phi) is 20.2. The van der Waals surface area contributed by atoms with Gasteiger partial charge in [0.25, 0.3) is 0 Å². The molecule has 0 aromatic carbocycles. The minimum atomic E-state index is 0.711. The van der Waals surface area contributed by atoms with Crippen LogP contribution in [0.15, 0.2) is 0 Å². The predicted molar refractivity (Wildman–Crippen MR) is 115 cm³/mol. The van der Waals surface area contributed by atoms with Crippen molar-refractivity contribution in [1.29, 1.82) is 0 Å². The van der Waals surface area contributed by atoms with Crippen LogP contribution in [0.2, 0.25) is 0 Å². The van der Waals surface area contributed by atoms with Crippen molar-refractivity contribution in [2.75, 3.05) is 26.2 Å². The zero-order chi connectivity index (χ0) is 18.6. The highest BCUT2D eigenvalue weighted by Gasteiger charge is 2.12. The third-order valence-electron chi connectivity index (χ3n) is 5.47. The van der Waals surface area contributed by atoms with Crippen LogP contribution in [0.4, 0.5) is 0 Å². The van der Waals surface area contributed by atoms with Gasteiger partial charge < -0.3 is 10.6 Å². The molecule has 152 valence electrons. The molecule has 0 saturated carbocycles. The molecule has 0 radical (unpaired) electrons. The van der Waals surface area contributed by atoms with Crippen molar-refractivity contribution in [3.63, 3.8) is 0 Å². The van der Waals surface area contributed by atoms with Crippen molar-refractivity contribution < 1.29 is 0 Å². The largest absolute Gasteiger partial charge is 0.330 e. The Morgan fingerprint density at radius 3 is 1.48 bits per heavy atom. The highest BCUT2D eigenvalue weighted by atomic mass is 15.1. The molecule has 0 aliphatic heterocycles. The highest BCUT2D eigenvalue weighted by Crippen LogP contribution is 2.15. The molecule has 0 amide bonds. The smallest absolute Gasteiger partial charge is 0.00217 e. The van der Waals surface area contributed by atoms with Crippen molar-refractivity contribution in [2.45, 2.75) is 117 Å². The average molecular weight is 355 g/mol. The summed E-state index contributed by atoms with van der Waals surface area (Å²) in [5.74, 6) is 0.711. The van der Waals surface area contributed by atoms with E-state index in [-0.39, 0.29) is 0 Å². The van der Waals surface area contributed by atoms with Gasteiger partial charge in [0.15, 0.2) is 0 Å². The second-order valence-electron chi connectivity index (χ2n) is 8.08. The second-order valence-corrected chi connectivity index (χ2v) is 8.08. The van der Waals surface area contributed by atoms with Crippen LogP contribution in [-0.4, -0.2) is 31.1 Å². The molecule has 0 aliphatic carbocycles. The van der Waals surface area contributed by atoms with Crippen molar-refractivity contribution in [3.05, 3.63) is 0 Å². The summed E-state index contributed by atoms with van der Waals surface area (Å²) < 4.78 is 0. The maximum Gasteiger partial charge on any atom is 0.00217 e. The third kappa shape index (κ3) is 17.1. The number of nitrogens with zero attached hydrogens (tertiary/aromatic N) is 1. The maximum absolute atomic E-state index is 6.07. The number of rotatable bonds is 20. The quantitative estimate of drug-likeness (QED) is 0.244. The first-order valence-corrected chi connectivity index (χ1v) is 11.7. The Balaban J connectivity index is 3.70. The van der Waals surface area contributed by atoms with Gasteiger partial charge in [0.1, 0.15) is 0 Å². The summed E-state index contributed by atoms with van der Waals surface area (Å²) in [6.45, 7) is 11.5. The molecular weight excluding hydrogens is 304 g/mol. The lowest BCUT2D eigenvalue weighted by Crippen LogP contribution is -2.34. The first kappa shape index (κ1) is 24.9. The first-order valence-electron chi connectivity index (χ1n) is 11.7. The number of unbranched alkanes of at least 4 members (excludes halogenated alkanes) is 11. The van der Waals surface area contributed by atoms with E-state index in [0.717, 1.165) is 6.54 Å². The third-order valence-corrected chi connectivity index (χ3v) is 5.47. The highest BCUT2D eigenvalue weighted by molar-refractivity contribution is 4.68. The minimum Gasteiger partial charge on any atom is -0.330 e. The topological polar surface area (TPSA) is 29.3 Å². The van der Waals surface area contributed by atoms with Gasteiger partial charge in [-0.2, -0.15) is 0 Å². The van der Waals surface area contributed by atoms with Gasteiger partial charge in [-0.15, -0.1) is 0 Å². The summed E-state index contributed by atoms with van der Waals surface area (Å²) >= 11 is 0. The van der Waals surface area contributed by atoms with Gasteiger partial charge in [-0.3, -0.25) is 0 Å². The zero-order valence-electron chi connectivity index (χ0n) is 18.0. The van der Waals surface area contributed by atoms with E-state index in [9.17, 15) is 0 Å². The van der Waals surface area contributed by atoms with Gasteiger partial charge >= 0.3 is 0 Å². The van der Waals surface area contributed by atoms with E-state index in [1.165, 1.54) is 116 Å². The SMILES string of the molecule is CCCCCCCCCCCCC(CN)CN(CCCC)CCCC. The van der Waals surface area contributed by atoms with Gasteiger partial charge in [-0.1, -0.05) is 97.8 Å². The van der Waals surface area contributed by atoms with Crippen molar-refractivity contribution in [2.24, 2.45) is 11.7 Å². The van der Waals surface area contributed by atoms with Gasteiger partial charge in [-0.05, 0) is 44.8 Å². The average Bonchev–Trinajstić information content (AvgIpc) is 2.63. The van der Waals surface area contributed by atoms with E-state index in [1.807, 2.05) is 0 Å². The molecule has 0 aliphatic rings. The van der Waals surface area contributed by atoms with Crippen LogP contribution in [-0.2, 0) is 0 Å². The lowest BCUT2D eigenvalue weighted by atomic mass is 9.99. The maximum atomic E-state index is 6.07. The van der Waals surface area contributed by atoms with Crippen molar-refractivity contribution in [1.82, 2.24) is 4.90 Å². The van der Waals surface area contributed by atoms with Crippen LogP contribution in [0.5, 0.6) is 0 Å². The molecule has 25 heavy (non-hydrogen) atoms. The molecule has 2 nitrogen and oxygen atoms in total. The molecule has 0 heterocycles. The van der Waals surface area contributed by atoms with E-state index in [2.05, 4.69) is 25.7 Å². The first-order chi connectivity index (χ1) is 12.3. The van der Waals surface area contributed by atoms with Gasteiger partial charge in [-0.25, -0.2) is 0 Å². The fourth-order valence-corrected chi connectivity index (χ4v) is 3.63. The van der Waals surface area contributed by atoms with Crippen LogP contribution in [0, 0.1) is 5.92 Å². The Labute approximate surface area is 160 Å². The number of nitrogens with two attached hydrogens (primary N) is 1. The van der Waals surface area contributed by atoms with Crippen LogP contribution in [0.1, 0.15) is 117 Å². The molecule has 0 rings (SSSR count). The molecule has 1 atom stereocenters. The molecule has 0 saturated heterocycles. The molecule has 1 unspecified atom stereocenters. The minimum absolute atomic E-state index is 0.711. The number of hydrogen-bond acceptors (Lipinski definition) is 2. The predicted octanol–water partition coefficient (Wildman–Crippen LogP) is 6.77. The lowest BCUT2D eigenvalue weighted by molar-refractivity contribution is 0.218. The van der Waals surface area contributed by atoms with E-state index in [1.54, 1.807) is 0 Å². The van der Waals surface area contributed by atoms with Gasteiger partial charge in [0.2, 0.25) is 0 Å². The molecule has 0 bridgehead atoms. The van der Waals surface area contributed by atoms with Crippen LogP contribution >= 0.6 is 0 Å². The van der Waals surface area contributed by atoms with Crippen molar-refractivity contribution >= 4 is 0 Å². The zero-order valence-corrected chi connectivity index (χ0v) is 18.0. The molecular formula is C23H50N2. The Hall–Kier alpha value is -0.0800. The lowest BCUT2D eigenvalue weighted by Gasteiger charge is -2.27. The van der Waals surface area contributed by atoms with Gasteiger partial charge in [0, 0.05) is 6.54 Å². The molecule has 0 aromatic heterocycles. The molecule has 2 N–H and O–H groups in total. The number of hydrogen-bond donors (Lipinski definition) is 1. The summed E-state index contributed by atoms with van der Waals surface area (Å²) in [6, 6.07) is 0. The van der Waals surface area contributed by atoms with Crippen LogP contribution in [0.3, 0.4) is 0 Å². The Bertz CT molecular complexity index is 234. The monoisotopic (exact) mass is 354 g/mol.